The highest BCUT2D eigenvalue weighted by atomic mass is 35.5. The Bertz CT molecular complexity index is 246. The lowest BCUT2D eigenvalue weighted by Crippen LogP contribution is -2.15. The molecule has 1 rings (SSSR count). The number of anilines is 1. The Hall–Kier alpha value is -0.650. The van der Waals surface area contributed by atoms with E-state index in [4.69, 9.17) is 28.9 Å². The Labute approximate surface area is 79.3 Å². The molecule has 0 radical (unpaired) electrons. The molecule has 0 spiro atoms. The van der Waals surface area contributed by atoms with Gasteiger partial charge >= 0.3 is 0 Å². The largest absolute Gasteiger partial charge is 0.353 e. The molecular weight excluding hydrogens is 201 g/mol. The van der Waals surface area contributed by atoms with Gasteiger partial charge in [0.05, 0.1) is 0 Å². The maximum atomic E-state index is 5.51. The van der Waals surface area contributed by atoms with E-state index in [-0.39, 0.29) is 10.6 Å². The van der Waals surface area contributed by atoms with Gasteiger partial charge in [-0.15, -0.1) is 0 Å². The number of nitrogens with one attached hydrogen (secondary N) is 1. The molecule has 1 aromatic heterocycles. The molecule has 66 valence electrons. The fourth-order valence-corrected chi connectivity index (χ4v) is 0.952. The highest BCUT2D eigenvalue weighted by molar-refractivity contribution is 6.31. The molecule has 12 heavy (non-hydrogen) atoms. The van der Waals surface area contributed by atoms with Crippen LogP contribution >= 0.6 is 23.2 Å². The van der Waals surface area contributed by atoms with Crippen molar-refractivity contribution in [2.45, 2.75) is 0 Å². The Morgan fingerprint density at radius 1 is 1.17 bits per heavy atom. The van der Waals surface area contributed by atoms with Crippen LogP contribution in [-0.2, 0) is 0 Å². The van der Waals surface area contributed by atoms with E-state index in [0.29, 0.717) is 19.0 Å². The topological polar surface area (TPSA) is 76.7 Å². The maximum absolute atomic E-state index is 5.51. The lowest BCUT2D eigenvalue weighted by Gasteiger charge is -2.01. The quantitative estimate of drug-likeness (QED) is 0.758. The highest BCUT2D eigenvalue weighted by Crippen LogP contribution is 2.08. The molecule has 0 fully saturated rings. The summed E-state index contributed by atoms with van der Waals surface area (Å²) in [4.78, 5) is 11.1. The number of halogens is 2. The van der Waals surface area contributed by atoms with E-state index >= 15 is 0 Å². The monoisotopic (exact) mass is 207 g/mol. The first kappa shape index (κ1) is 9.44. The lowest BCUT2D eigenvalue weighted by molar-refractivity contribution is 0.967. The highest BCUT2D eigenvalue weighted by Gasteiger charge is 2.00. The minimum atomic E-state index is 0.0644. The van der Waals surface area contributed by atoms with Gasteiger partial charge in [0.25, 0.3) is 0 Å². The predicted octanol–water partition coefficient (Wildman–Crippen LogP) is 0.549. The van der Waals surface area contributed by atoms with Gasteiger partial charge in [0.15, 0.2) is 0 Å². The average Bonchev–Trinajstić information content (AvgIpc) is 1.99. The number of nitrogens with zero attached hydrogens (tertiary/aromatic N) is 3. The Kier molecular flexibility index (Phi) is 3.46. The van der Waals surface area contributed by atoms with Crippen molar-refractivity contribution >= 4 is 29.2 Å². The van der Waals surface area contributed by atoms with Gasteiger partial charge in [-0.25, -0.2) is 0 Å². The molecule has 0 aromatic carbocycles. The number of hydrogen-bond acceptors (Lipinski definition) is 5. The molecule has 0 bridgehead atoms. The zero-order valence-electron chi connectivity index (χ0n) is 6.09. The van der Waals surface area contributed by atoms with E-state index in [0.717, 1.165) is 0 Å². The van der Waals surface area contributed by atoms with Gasteiger partial charge < -0.3 is 11.1 Å². The summed E-state index contributed by atoms with van der Waals surface area (Å²) in [6.45, 7) is 1.05. The summed E-state index contributed by atoms with van der Waals surface area (Å²) in [5.41, 5.74) is 5.25. The number of nitrogens with two attached hydrogens (primary N) is 1. The van der Waals surface area contributed by atoms with Crippen LogP contribution < -0.4 is 11.1 Å². The van der Waals surface area contributed by atoms with Crippen LogP contribution in [0.25, 0.3) is 0 Å². The van der Waals surface area contributed by atoms with Gasteiger partial charge in [0.1, 0.15) is 0 Å². The van der Waals surface area contributed by atoms with Gasteiger partial charge in [0, 0.05) is 13.1 Å². The van der Waals surface area contributed by atoms with E-state index in [1.807, 2.05) is 0 Å². The molecule has 0 saturated heterocycles. The zero-order chi connectivity index (χ0) is 8.97. The van der Waals surface area contributed by atoms with E-state index < -0.39 is 0 Å². The van der Waals surface area contributed by atoms with Crippen LogP contribution in [0.1, 0.15) is 0 Å². The molecule has 1 heterocycles. The second-order valence-electron chi connectivity index (χ2n) is 1.91. The van der Waals surface area contributed by atoms with Crippen molar-refractivity contribution in [3.63, 3.8) is 0 Å². The van der Waals surface area contributed by atoms with Gasteiger partial charge in [-0.2, -0.15) is 15.0 Å². The molecule has 5 nitrogen and oxygen atoms in total. The molecule has 7 heteroatoms. The third-order valence-electron chi connectivity index (χ3n) is 1.01. The van der Waals surface area contributed by atoms with Crippen molar-refractivity contribution < 1.29 is 0 Å². The summed E-state index contributed by atoms with van der Waals surface area (Å²) < 4.78 is 0. The van der Waals surface area contributed by atoms with Gasteiger partial charge in [-0.1, -0.05) is 0 Å². The van der Waals surface area contributed by atoms with Gasteiger partial charge in [-0.05, 0) is 23.2 Å². The number of aromatic nitrogens is 3. The molecule has 3 N–H and O–H groups in total. The van der Waals surface area contributed by atoms with E-state index in [1.165, 1.54) is 0 Å². The predicted molar refractivity (Wildman–Crippen MR) is 47.4 cm³/mol. The first-order valence-corrected chi connectivity index (χ1v) is 3.99. The van der Waals surface area contributed by atoms with Crippen molar-refractivity contribution in [1.29, 1.82) is 0 Å². The Morgan fingerprint density at radius 2 is 1.75 bits per heavy atom. The first-order chi connectivity index (χ1) is 5.72. The Morgan fingerprint density at radius 3 is 2.25 bits per heavy atom. The smallest absolute Gasteiger partial charge is 0.228 e. The fraction of sp³-hybridized carbons (Fsp3) is 0.400. The molecule has 0 aliphatic carbocycles. The molecule has 0 unspecified atom stereocenters. The summed E-state index contributed by atoms with van der Waals surface area (Å²) in [5, 5.41) is 2.95. The third-order valence-corrected chi connectivity index (χ3v) is 1.35. The van der Waals surface area contributed by atoms with E-state index in [2.05, 4.69) is 20.3 Å². The molecule has 0 aliphatic rings. The van der Waals surface area contributed by atoms with Crippen molar-refractivity contribution in [1.82, 2.24) is 15.0 Å². The summed E-state index contributed by atoms with van der Waals surface area (Å²) in [6, 6.07) is 0. The molecule has 0 aliphatic heterocycles. The molecule has 0 amide bonds. The molecule has 0 atom stereocenters. The van der Waals surface area contributed by atoms with Crippen molar-refractivity contribution in [2.75, 3.05) is 18.4 Å². The van der Waals surface area contributed by atoms with Crippen molar-refractivity contribution in [3.05, 3.63) is 10.6 Å². The number of hydrogen-bond donors (Lipinski definition) is 2. The molecular formula is C5H7Cl2N5. The fourth-order valence-electron chi connectivity index (χ4n) is 0.589. The number of rotatable bonds is 3. The zero-order valence-corrected chi connectivity index (χ0v) is 7.60. The van der Waals surface area contributed by atoms with Crippen LogP contribution in [0.3, 0.4) is 0 Å². The van der Waals surface area contributed by atoms with Crippen molar-refractivity contribution in [2.24, 2.45) is 5.73 Å². The van der Waals surface area contributed by atoms with E-state index in [1.54, 1.807) is 0 Å². The van der Waals surface area contributed by atoms with Crippen LogP contribution in [0.5, 0.6) is 0 Å². The van der Waals surface area contributed by atoms with Crippen LogP contribution in [0.4, 0.5) is 5.95 Å². The van der Waals surface area contributed by atoms with Crippen molar-refractivity contribution in [3.8, 4) is 0 Å². The first-order valence-electron chi connectivity index (χ1n) is 3.23. The van der Waals surface area contributed by atoms with Crippen LogP contribution in [-0.4, -0.2) is 28.0 Å². The Balaban J connectivity index is 2.72. The minimum absolute atomic E-state index is 0.0644. The van der Waals surface area contributed by atoms with E-state index in [9.17, 15) is 0 Å². The summed E-state index contributed by atoms with van der Waals surface area (Å²) in [7, 11) is 0. The third kappa shape index (κ3) is 2.77. The lowest BCUT2D eigenvalue weighted by atomic mass is 10.6. The SMILES string of the molecule is NCCNc1nc(Cl)nc(Cl)n1. The molecule has 1 aromatic rings. The average molecular weight is 208 g/mol. The van der Waals surface area contributed by atoms with Gasteiger partial charge in [-0.3, -0.25) is 0 Å². The summed E-state index contributed by atoms with van der Waals surface area (Å²) >= 11 is 11.0. The standard InChI is InChI=1S/C5H7Cl2N5/c6-3-10-4(7)12-5(11-3)9-2-1-8/h1-2,8H2,(H,9,10,11,12). The van der Waals surface area contributed by atoms with Crippen LogP contribution in [0.2, 0.25) is 10.6 Å². The normalized spacial score (nSPS) is 9.92. The van der Waals surface area contributed by atoms with Crippen LogP contribution in [0, 0.1) is 0 Å². The minimum Gasteiger partial charge on any atom is -0.353 e. The second kappa shape index (κ2) is 4.39. The summed E-state index contributed by atoms with van der Waals surface area (Å²) in [6.07, 6.45) is 0. The second-order valence-corrected chi connectivity index (χ2v) is 2.59. The van der Waals surface area contributed by atoms with Crippen LogP contribution in [0.15, 0.2) is 0 Å². The molecule has 0 saturated carbocycles. The van der Waals surface area contributed by atoms with Gasteiger partial charge in [0.2, 0.25) is 16.5 Å². The summed E-state index contributed by atoms with van der Waals surface area (Å²) in [5.74, 6) is 0.338. The maximum Gasteiger partial charge on any atom is 0.228 e.